The maximum absolute atomic E-state index is 10.7. The molecule has 0 spiro atoms. The molecule has 0 radical (unpaired) electrons. The predicted octanol–water partition coefficient (Wildman–Crippen LogP) is 0.267. The molecule has 2 aromatic heterocycles. The van der Waals surface area contributed by atoms with Crippen molar-refractivity contribution in [1.29, 1.82) is 0 Å². The molecule has 0 aromatic carbocycles. The molecule has 0 unspecified atom stereocenters. The molecule has 11 heteroatoms. The average molecular weight is 435 g/mol. The number of pyridine rings is 1. The summed E-state index contributed by atoms with van der Waals surface area (Å²) in [4.78, 5) is 26.2. The molecule has 2 aromatic rings. The molecule has 5 rings (SSSR count). The van der Waals surface area contributed by atoms with Gasteiger partial charge in [-0.1, -0.05) is 0 Å². The topological polar surface area (TPSA) is 152 Å². The van der Waals surface area contributed by atoms with Gasteiger partial charge in [0.25, 0.3) is 12.9 Å². The second kappa shape index (κ2) is 11.0. The van der Waals surface area contributed by atoms with Crippen molar-refractivity contribution in [1.82, 2.24) is 20.1 Å². The molecule has 1 aliphatic carbocycles. The predicted molar refractivity (Wildman–Crippen MR) is 112 cm³/mol. The van der Waals surface area contributed by atoms with E-state index in [4.69, 9.17) is 24.5 Å². The molecule has 2 aliphatic heterocycles. The number of aromatic nitrogens is 3. The number of ether oxygens (including phenoxy) is 1. The molecular formula is C20H29N5O6. The van der Waals surface area contributed by atoms with Crippen LogP contribution in [0, 0.1) is 11.8 Å². The van der Waals surface area contributed by atoms with Gasteiger partial charge in [0.2, 0.25) is 0 Å². The first-order valence-electron chi connectivity index (χ1n) is 10.3. The molecule has 11 nitrogen and oxygen atoms in total. The quantitative estimate of drug-likeness (QED) is 0.484. The minimum atomic E-state index is -0.250. The fraction of sp³-hybridized carbons (Fsp3) is 0.600. The third-order valence-corrected chi connectivity index (χ3v) is 6.27. The number of aliphatic hydroxyl groups excluding tert-OH is 1. The van der Waals surface area contributed by atoms with Gasteiger partial charge in [-0.25, -0.2) is 4.98 Å². The highest BCUT2D eigenvalue weighted by molar-refractivity contribution is 5.89. The van der Waals surface area contributed by atoms with E-state index in [9.17, 15) is 5.11 Å². The van der Waals surface area contributed by atoms with Gasteiger partial charge in [0.15, 0.2) is 0 Å². The van der Waals surface area contributed by atoms with Crippen LogP contribution in [0.15, 0.2) is 18.5 Å². The summed E-state index contributed by atoms with van der Waals surface area (Å²) < 4.78 is 5.47. The highest BCUT2D eigenvalue weighted by Crippen LogP contribution is 2.40. The van der Waals surface area contributed by atoms with Crippen molar-refractivity contribution in [2.24, 2.45) is 11.8 Å². The van der Waals surface area contributed by atoms with Crippen LogP contribution < -0.4 is 4.90 Å². The molecule has 0 amide bonds. The maximum Gasteiger partial charge on any atom is 0.290 e. The number of anilines is 1. The molecule has 3 fully saturated rings. The number of rotatable bonds is 2. The Labute approximate surface area is 179 Å². The standard InChI is InChI=1S/C18H25N5O2.2CH2O2/c24-17-8-13-11-23(18-14-9-20-21-15(14)1-2-19-18)10-12(13)7-16(17)22-3-5-25-6-4-22;2*2-1-3/h1-2,9,12-13,16-17,24H,3-8,10-11H2,(H,20,21);2*1H,(H,2,3)/t12-,13+,16-,17-;;/m1../s1. The summed E-state index contributed by atoms with van der Waals surface area (Å²) in [6.07, 6.45) is 5.46. The first-order valence-corrected chi connectivity index (χ1v) is 10.3. The number of hydrogen-bond donors (Lipinski definition) is 4. The lowest BCUT2D eigenvalue weighted by molar-refractivity contribution is -0.123. The van der Waals surface area contributed by atoms with Crippen molar-refractivity contribution in [2.45, 2.75) is 25.0 Å². The van der Waals surface area contributed by atoms with E-state index in [1.807, 2.05) is 18.5 Å². The molecule has 4 heterocycles. The third kappa shape index (κ3) is 5.30. The molecule has 2 saturated heterocycles. The summed E-state index contributed by atoms with van der Waals surface area (Å²) in [5, 5.41) is 32.8. The zero-order valence-electron chi connectivity index (χ0n) is 17.2. The van der Waals surface area contributed by atoms with E-state index < -0.39 is 0 Å². The van der Waals surface area contributed by atoms with Crippen LogP contribution in [0.4, 0.5) is 5.82 Å². The number of hydrogen-bond acceptors (Lipinski definition) is 8. The largest absolute Gasteiger partial charge is 0.483 e. The number of fused-ring (bicyclic) bond motifs is 2. The SMILES string of the molecule is O=CO.O=CO.O[C@@H]1C[C@H]2CN(c3nccc4[nH]ncc34)C[C@H]2C[C@H]1N1CCOCC1. The van der Waals surface area contributed by atoms with Gasteiger partial charge in [-0.2, -0.15) is 5.10 Å². The summed E-state index contributed by atoms with van der Waals surface area (Å²) in [7, 11) is 0. The van der Waals surface area contributed by atoms with Crippen LogP contribution in [0.5, 0.6) is 0 Å². The summed E-state index contributed by atoms with van der Waals surface area (Å²) >= 11 is 0. The fourth-order valence-corrected chi connectivity index (χ4v) is 4.99. The van der Waals surface area contributed by atoms with Gasteiger partial charge >= 0.3 is 0 Å². The van der Waals surface area contributed by atoms with Crippen LogP contribution in [0.25, 0.3) is 10.9 Å². The van der Waals surface area contributed by atoms with Gasteiger partial charge in [-0.05, 0) is 30.7 Å². The number of carboxylic acid groups (broad SMARTS) is 2. The second-order valence-electron chi connectivity index (χ2n) is 7.86. The van der Waals surface area contributed by atoms with E-state index in [0.29, 0.717) is 11.8 Å². The fourth-order valence-electron chi connectivity index (χ4n) is 4.99. The molecule has 170 valence electrons. The van der Waals surface area contributed by atoms with Gasteiger partial charge in [0.1, 0.15) is 5.82 Å². The van der Waals surface area contributed by atoms with Gasteiger partial charge < -0.3 is 25.0 Å². The van der Waals surface area contributed by atoms with E-state index in [-0.39, 0.29) is 25.1 Å². The van der Waals surface area contributed by atoms with Gasteiger partial charge in [-0.15, -0.1) is 0 Å². The van der Waals surface area contributed by atoms with E-state index >= 15 is 0 Å². The number of nitrogens with zero attached hydrogens (tertiary/aromatic N) is 4. The minimum absolute atomic E-state index is 0.225. The lowest BCUT2D eigenvalue weighted by Crippen LogP contribution is -2.53. The molecule has 1 saturated carbocycles. The van der Waals surface area contributed by atoms with Crippen LogP contribution in [0.2, 0.25) is 0 Å². The Bertz CT molecular complexity index is 836. The van der Waals surface area contributed by atoms with E-state index in [1.54, 1.807) is 0 Å². The van der Waals surface area contributed by atoms with Gasteiger partial charge in [-0.3, -0.25) is 19.6 Å². The zero-order valence-corrected chi connectivity index (χ0v) is 17.2. The van der Waals surface area contributed by atoms with Crippen molar-refractivity contribution in [2.75, 3.05) is 44.3 Å². The van der Waals surface area contributed by atoms with E-state index in [0.717, 1.165) is 69.0 Å². The van der Waals surface area contributed by atoms with Crippen molar-refractivity contribution in [3.8, 4) is 0 Å². The Morgan fingerprint density at radius 3 is 2.42 bits per heavy atom. The van der Waals surface area contributed by atoms with Crippen LogP contribution >= 0.6 is 0 Å². The Hall–Kier alpha value is -2.76. The monoisotopic (exact) mass is 435 g/mol. The molecular weight excluding hydrogens is 406 g/mol. The number of H-pyrrole nitrogens is 1. The Morgan fingerprint density at radius 1 is 1.10 bits per heavy atom. The lowest BCUT2D eigenvalue weighted by atomic mass is 9.77. The van der Waals surface area contributed by atoms with Gasteiger partial charge in [0.05, 0.1) is 36.4 Å². The van der Waals surface area contributed by atoms with Crippen molar-refractivity contribution < 1.29 is 29.6 Å². The highest BCUT2D eigenvalue weighted by atomic mass is 16.5. The molecule has 4 atom stereocenters. The Balaban J connectivity index is 0.000000411. The van der Waals surface area contributed by atoms with Crippen LogP contribution in [0.1, 0.15) is 12.8 Å². The van der Waals surface area contributed by atoms with Crippen molar-refractivity contribution in [3.05, 3.63) is 18.5 Å². The van der Waals surface area contributed by atoms with Gasteiger partial charge in [0, 0.05) is 38.4 Å². The first-order chi connectivity index (χ1) is 15.1. The summed E-state index contributed by atoms with van der Waals surface area (Å²) in [5.41, 5.74) is 1.03. The highest BCUT2D eigenvalue weighted by Gasteiger charge is 2.44. The second-order valence-corrected chi connectivity index (χ2v) is 7.86. The van der Waals surface area contributed by atoms with Crippen molar-refractivity contribution in [3.63, 3.8) is 0 Å². The van der Waals surface area contributed by atoms with E-state index in [1.165, 1.54) is 0 Å². The van der Waals surface area contributed by atoms with E-state index in [2.05, 4.69) is 25.0 Å². The number of aliphatic hydroxyl groups is 1. The summed E-state index contributed by atoms with van der Waals surface area (Å²) in [6, 6.07) is 2.25. The maximum atomic E-state index is 10.7. The zero-order chi connectivity index (χ0) is 22.2. The van der Waals surface area contributed by atoms with Crippen LogP contribution in [0.3, 0.4) is 0 Å². The third-order valence-electron chi connectivity index (χ3n) is 6.27. The summed E-state index contributed by atoms with van der Waals surface area (Å²) in [6.45, 7) is 4.97. The first kappa shape index (κ1) is 22.9. The smallest absolute Gasteiger partial charge is 0.290 e. The summed E-state index contributed by atoms with van der Waals surface area (Å²) in [5.74, 6) is 2.20. The molecule has 31 heavy (non-hydrogen) atoms. The average Bonchev–Trinajstić information content (AvgIpc) is 3.41. The number of aromatic amines is 1. The molecule has 0 bridgehead atoms. The number of carbonyl (C=O) groups is 2. The Kier molecular flexibility index (Phi) is 8.15. The van der Waals surface area contributed by atoms with Crippen LogP contribution in [-0.4, -0.2) is 99.9 Å². The lowest BCUT2D eigenvalue weighted by Gasteiger charge is -2.43. The van der Waals surface area contributed by atoms with Crippen LogP contribution in [-0.2, 0) is 14.3 Å². The Morgan fingerprint density at radius 2 is 1.74 bits per heavy atom. The molecule has 4 N–H and O–H groups in total. The normalized spacial score (nSPS) is 28.0. The van der Waals surface area contributed by atoms with Crippen molar-refractivity contribution >= 4 is 29.7 Å². The number of morpholine rings is 1. The number of nitrogens with one attached hydrogen (secondary N) is 1. The minimum Gasteiger partial charge on any atom is -0.483 e. The molecule has 3 aliphatic rings.